The molecule has 2 aromatic rings. The lowest BCUT2D eigenvalue weighted by Gasteiger charge is -2.17. The van der Waals surface area contributed by atoms with Crippen LogP contribution in [0.25, 0.3) is 11.1 Å². The number of benzene rings is 2. The molecule has 0 aromatic heterocycles. The second-order valence-corrected chi connectivity index (χ2v) is 7.64. The zero-order valence-electron chi connectivity index (χ0n) is 17.2. The number of rotatable bonds is 11. The highest BCUT2D eigenvalue weighted by atomic mass is 16.5. The van der Waals surface area contributed by atoms with Crippen LogP contribution in [0.3, 0.4) is 0 Å². The highest BCUT2D eigenvalue weighted by Gasteiger charge is 2.29. The molecule has 0 saturated heterocycles. The molecule has 1 unspecified atom stereocenters. The smallest absolute Gasteiger partial charge is 0.407 e. The van der Waals surface area contributed by atoms with Gasteiger partial charge in [-0.05, 0) is 41.5 Å². The molecule has 2 N–H and O–H groups in total. The van der Waals surface area contributed by atoms with Crippen LogP contribution in [0.15, 0.2) is 61.2 Å². The molecule has 1 atom stereocenters. The molecule has 0 aliphatic heterocycles. The van der Waals surface area contributed by atoms with Gasteiger partial charge in [0, 0.05) is 5.92 Å². The topological polar surface area (TPSA) is 75.6 Å². The van der Waals surface area contributed by atoms with Crippen LogP contribution >= 0.6 is 0 Å². The summed E-state index contributed by atoms with van der Waals surface area (Å²) in [4.78, 5) is 23.8. The number of amides is 1. The molecular formula is C25H29NO4. The number of carboxylic acid groups (broad SMARTS) is 1. The lowest BCUT2D eigenvalue weighted by atomic mass is 9.98. The summed E-state index contributed by atoms with van der Waals surface area (Å²) in [5.74, 6) is -1.08. The molecule has 158 valence electrons. The van der Waals surface area contributed by atoms with Crippen LogP contribution in [-0.2, 0) is 9.53 Å². The highest BCUT2D eigenvalue weighted by molar-refractivity contribution is 5.81. The Bertz CT molecular complexity index is 847. The Morgan fingerprint density at radius 1 is 1.00 bits per heavy atom. The van der Waals surface area contributed by atoms with Crippen molar-refractivity contribution < 1.29 is 19.4 Å². The third-order valence-electron chi connectivity index (χ3n) is 5.58. The molecule has 0 spiro atoms. The number of fused-ring (bicyclic) bond motifs is 3. The number of hydrogen-bond donors (Lipinski definition) is 2. The molecule has 0 fully saturated rings. The van der Waals surface area contributed by atoms with Gasteiger partial charge in [0.2, 0.25) is 0 Å². The molecule has 0 radical (unpaired) electrons. The van der Waals surface area contributed by atoms with Crippen molar-refractivity contribution in [2.45, 2.75) is 50.5 Å². The van der Waals surface area contributed by atoms with E-state index in [9.17, 15) is 14.7 Å². The summed E-state index contributed by atoms with van der Waals surface area (Å²) < 4.78 is 5.46. The third kappa shape index (κ3) is 5.29. The van der Waals surface area contributed by atoms with Crippen LogP contribution < -0.4 is 5.32 Å². The molecule has 1 aliphatic carbocycles. The number of nitrogens with one attached hydrogen (secondary N) is 1. The van der Waals surface area contributed by atoms with Crippen LogP contribution in [0.4, 0.5) is 4.79 Å². The highest BCUT2D eigenvalue weighted by Crippen LogP contribution is 2.44. The van der Waals surface area contributed by atoms with Crippen molar-refractivity contribution in [2.75, 3.05) is 6.61 Å². The molecule has 2 aromatic carbocycles. The second-order valence-electron chi connectivity index (χ2n) is 7.64. The van der Waals surface area contributed by atoms with E-state index in [1.807, 2.05) is 42.5 Å². The summed E-state index contributed by atoms with van der Waals surface area (Å²) in [5.41, 5.74) is 4.56. The van der Waals surface area contributed by atoms with Gasteiger partial charge in [0.25, 0.3) is 0 Å². The zero-order valence-corrected chi connectivity index (χ0v) is 17.2. The summed E-state index contributed by atoms with van der Waals surface area (Å²) in [5, 5.41) is 11.9. The Kier molecular flexibility index (Phi) is 7.66. The number of aliphatic carboxylic acids is 1. The third-order valence-corrected chi connectivity index (χ3v) is 5.58. The van der Waals surface area contributed by atoms with E-state index in [1.165, 1.54) is 0 Å². The second kappa shape index (κ2) is 10.6. The maximum atomic E-state index is 12.3. The first-order valence-corrected chi connectivity index (χ1v) is 10.6. The van der Waals surface area contributed by atoms with Gasteiger partial charge >= 0.3 is 12.1 Å². The van der Waals surface area contributed by atoms with Crippen LogP contribution in [0.1, 0.15) is 55.6 Å². The van der Waals surface area contributed by atoms with E-state index in [0.29, 0.717) is 6.42 Å². The van der Waals surface area contributed by atoms with E-state index >= 15 is 0 Å². The van der Waals surface area contributed by atoms with Crippen molar-refractivity contribution >= 4 is 12.1 Å². The molecular weight excluding hydrogens is 378 g/mol. The quantitative estimate of drug-likeness (QED) is 0.381. The van der Waals surface area contributed by atoms with Gasteiger partial charge in [0.15, 0.2) is 0 Å². The largest absolute Gasteiger partial charge is 0.480 e. The van der Waals surface area contributed by atoms with E-state index in [-0.39, 0.29) is 12.5 Å². The van der Waals surface area contributed by atoms with Crippen molar-refractivity contribution in [3.8, 4) is 11.1 Å². The molecule has 0 saturated carbocycles. The SMILES string of the molecule is C=CCCCCCCC(NC(=O)OCC1c2ccccc2-c2ccccc21)C(=O)O. The fourth-order valence-electron chi connectivity index (χ4n) is 4.03. The van der Waals surface area contributed by atoms with Gasteiger partial charge in [0.1, 0.15) is 12.6 Å². The van der Waals surface area contributed by atoms with Gasteiger partial charge in [-0.2, -0.15) is 0 Å². The van der Waals surface area contributed by atoms with E-state index < -0.39 is 18.1 Å². The van der Waals surface area contributed by atoms with Crippen LogP contribution in [0.2, 0.25) is 0 Å². The summed E-state index contributed by atoms with van der Waals surface area (Å²) in [6.45, 7) is 3.87. The number of allylic oxidation sites excluding steroid dienone is 1. The van der Waals surface area contributed by atoms with Crippen molar-refractivity contribution in [2.24, 2.45) is 0 Å². The predicted molar refractivity (Wildman–Crippen MR) is 118 cm³/mol. The van der Waals surface area contributed by atoms with Crippen LogP contribution in [0, 0.1) is 0 Å². The van der Waals surface area contributed by atoms with Gasteiger partial charge in [0.05, 0.1) is 0 Å². The Labute approximate surface area is 177 Å². The van der Waals surface area contributed by atoms with Gasteiger partial charge in [-0.15, -0.1) is 6.58 Å². The lowest BCUT2D eigenvalue weighted by Crippen LogP contribution is -2.41. The van der Waals surface area contributed by atoms with Crippen molar-refractivity contribution in [1.29, 1.82) is 0 Å². The van der Waals surface area contributed by atoms with E-state index in [4.69, 9.17) is 4.74 Å². The molecule has 0 bridgehead atoms. The van der Waals surface area contributed by atoms with Crippen LogP contribution in [-0.4, -0.2) is 29.8 Å². The number of unbranched alkanes of at least 4 members (excludes halogenated alkanes) is 4. The number of hydrogen-bond acceptors (Lipinski definition) is 3. The monoisotopic (exact) mass is 407 g/mol. The number of carbonyl (C=O) groups excluding carboxylic acids is 1. The first-order valence-electron chi connectivity index (χ1n) is 10.6. The Hall–Kier alpha value is -3.08. The Morgan fingerprint density at radius 2 is 1.60 bits per heavy atom. The minimum atomic E-state index is -1.03. The number of alkyl carbamates (subject to hydrolysis) is 1. The fraction of sp³-hybridized carbons (Fsp3) is 0.360. The number of carbonyl (C=O) groups is 2. The van der Waals surface area contributed by atoms with Gasteiger partial charge in [-0.1, -0.05) is 73.9 Å². The van der Waals surface area contributed by atoms with E-state index in [2.05, 4.69) is 24.0 Å². The van der Waals surface area contributed by atoms with Gasteiger partial charge < -0.3 is 15.2 Å². The molecule has 3 rings (SSSR count). The maximum absolute atomic E-state index is 12.3. The average Bonchev–Trinajstić information content (AvgIpc) is 3.07. The summed E-state index contributed by atoms with van der Waals surface area (Å²) >= 11 is 0. The standard InChI is InChI=1S/C25H29NO4/c1-2-3-4-5-6-7-16-23(24(27)28)26-25(29)30-17-22-20-14-10-8-12-18(20)19-13-9-11-15-21(19)22/h2,8-15,22-23H,1,3-7,16-17H2,(H,26,29)(H,27,28). The number of carboxylic acids is 1. The van der Waals surface area contributed by atoms with Crippen molar-refractivity contribution in [1.82, 2.24) is 5.32 Å². The molecule has 5 nitrogen and oxygen atoms in total. The van der Waals surface area contributed by atoms with Crippen LogP contribution in [0.5, 0.6) is 0 Å². The predicted octanol–water partition coefficient (Wildman–Crippen LogP) is 5.50. The summed E-state index contributed by atoms with van der Waals surface area (Å²) in [7, 11) is 0. The molecule has 5 heteroatoms. The number of ether oxygens (including phenoxy) is 1. The van der Waals surface area contributed by atoms with Crippen molar-refractivity contribution in [3.05, 3.63) is 72.3 Å². The maximum Gasteiger partial charge on any atom is 0.407 e. The summed E-state index contributed by atoms with van der Waals surface area (Å²) in [6.07, 6.45) is 6.34. The van der Waals surface area contributed by atoms with Crippen molar-refractivity contribution in [3.63, 3.8) is 0 Å². The minimum absolute atomic E-state index is 0.0451. The fourth-order valence-corrected chi connectivity index (χ4v) is 4.03. The van der Waals surface area contributed by atoms with E-state index in [0.717, 1.165) is 54.4 Å². The normalized spacial score (nSPS) is 13.2. The zero-order chi connectivity index (χ0) is 21.3. The lowest BCUT2D eigenvalue weighted by molar-refractivity contribution is -0.139. The Morgan fingerprint density at radius 3 is 2.20 bits per heavy atom. The average molecular weight is 408 g/mol. The first kappa shape index (κ1) is 21.6. The molecule has 1 aliphatic rings. The minimum Gasteiger partial charge on any atom is -0.480 e. The summed E-state index contributed by atoms with van der Waals surface area (Å²) in [6, 6.07) is 15.3. The van der Waals surface area contributed by atoms with Gasteiger partial charge in [-0.3, -0.25) is 0 Å². The Balaban J connectivity index is 1.53. The molecule has 0 heterocycles. The molecule has 1 amide bonds. The molecule has 30 heavy (non-hydrogen) atoms. The first-order chi connectivity index (χ1) is 14.6. The van der Waals surface area contributed by atoms with E-state index in [1.54, 1.807) is 0 Å². The van der Waals surface area contributed by atoms with Gasteiger partial charge in [-0.25, -0.2) is 9.59 Å².